The van der Waals surface area contributed by atoms with Crippen molar-refractivity contribution in [3.8, 4) is 0 Å². The van der Waals surface area contributed by atoms with Crippen molar-refractivity contribution in [3.05, 3.63) is 58.1 Å². The molecule has 0 saturated carbocycles. The third-order valence-corrected chi connectivity index (χ3v) is 6.23. The molecule has 104 valence electrons. The third kappa shape index (κ3) is 1.96. The lowest BCUT2D eigenvalue weighted by Crippen LogP contribution is -2.26. The minimum Gasteiger partial charge on any atom is -0.269 e. The molecule has 20 heavy (non-hydrogen) atoms. The van der Waals surface area contributed by atoms with Crippen LogP contribution >= 0.6 is 27.5 Å². The summed E-state index contributed by atoms with van der Waals surface area (Å²) in [5.41, 5.74) is 2.01. The van der Waals surface area contributed by atoms with Gasteiger partial charge < -0.3 is 0 Å². The first-order chi connectivity index (χ1) is 9.43. The van der Waals surface area contributed by atoms with E-state index in [0.29, 0.717) is 15.7 Å². The molecule has 6 heteroatoms. The van der Waals surface area contributed by atoms with Crippen LogP contribution in [-0.2, 0) is 10.0 Å². The summed E-state index contributed by atoms with van der Waals surface area (Å²) in [4.78, 5) is 0.241. The molecule has 2 aromatic carbocycles. The van der Waals surface area contributed by atoms with Crippen molar-refractivity contribution in [2.45, 2.75) is 10.3 Å². The molecule has 0 bridgehead atoms. The van der Waals surface area contributed by atoms with Gasteiger partial charge in [0, 0.05) is 11.5 Å². The van der Waals surface area contributed by atoms with Crippen molar-refractivity contribution in [2.24, 2.45) is 0 Å². The number of hydrogen-bond donors (Lipinski definition) is 0. The van der Waals surface area contributed by atoms with Crippen LogP contribution in [-0.4, -0.2) is 15.5 Å². The van der Waals surface area contributed by atoms with Gasteiger partial charge in [-0.25, -0.2) is 8.42 Å². The van der Waals surface area contributed by atoms with E-state index in [4.69, 9.17) is 11.6 Å². The topological polar surface area (TPSA) is 37.4 Å². The van der Waals surface area contributed by atoms with Gasteiger partial charge in [-0.05, 0) is 29.3 Å². The average Bonchev–Trinajstić information content (AvgIpc) is 2.50. The van der Waals surface area contributed by atoms with E-state index in [0.717, 1.165) is 5.56 Å². The second-order valence-electron chi connectivity index (χ2n) is 4.58. The van der Waals surface area contributed by atoms with E-state index in [9.17, 15) is 8.42 Å². The fraction of sp³-hybridized carbons (Fsp3) is 0.143. The first kappa shape index (κ1) is 13.9. The summed E-state index contributed by atoms with van der Waals surface area (Å²) in [6.07, 6.45) is 0. The lowest BCUT2D eigenvalue weighted by molar-refractivity contribution is 0.594. The van der Waals surface area contributed by atoms with Gasteiger partial charge >= 0.3 is 0 Å². The van der Waals surface area contributed by atoms with E-state index in [1.54, 1.807) is 37.4 Å². The molecule has 2 aromatic rings. The Morgan fingerprint density at radius 2 is 1.85 bits per heavy atom. The van der Waals surface area contributed by atoms with Crippen LogP contribution < -0.4 is 4.31 Å². The molecule has 3 rings (SSSR count). The van der Waals surface area contributed by atoms with Crippen molar-refractivity contribution in [2.75, 3.05) is 11.4 Å². The average molecular weight is 373 g/mol. The van der Waals surface area contributed by atoms with E-state index in [-0.39, 0.29) is 4.90 Å². The van der Waals surface area contributed by atoms with Gasteiger partial charge in [0.2, 0.25) is 0 Å². The van der Waals surface area contributed by atoms with Gasteiger partial charge in [0.25, 0.3) is 10.0 Å². The van der Waals surface area contributed by atoms with Crippen LogP contribution in [0.3, 0.4) is 0 Å². The molecule has 0 aliphatic carbocycles. The Balaban J connectivity index is 2.41. The Bertz CT molecular complexity index is 792. The minimum atomic E-state index is -3.61. The van der Waals surface area contributed by atoms with Gasteiger partial charge in [0.1, 0.15) is 0 Å². The van der Waals surface area contributed by atoms with Crippen molar-refractivity contribution >= 4 is 43.2 Å². The first-order valence-electron chi connectivity index (χ1n) is 5.94. The number of benzene rings is 2. The molecule has 1 aliphatic rings. The molecule has 0 aromatic heterocycles. The fourth-order valence-corrected chi connectivity index (χ4v) is 4.81. The molecule has 1 unspecified atom stereocenters. The molecule has 0 amide bonds. The summed E-state index contributed by atoms with van der Waals surface area (Å²) < 4.78 is 27.5. The van der Waals surface area contributed by atoms with E-state index >= 15 is 0 Å². The van der Waals surface area contributed by atoms with Crippen LogP contribution in [0, 0.1) is 0 Å². The normalized spacial score (nSPS) is 19.9. The molecular formula is C14H11BrClNO2S. The van der Waals surface area contributed by atoms with Crippen molar-refractivity contribution in [1.82, 2.24) is 0 Å². The number of rotatable bonds is 0. The maximum atomic E-state index is 12.7. The zero-order valence-electron chi connectivity index (χ0n) is 10.5. The van der Waals surface area contributed by atoms with Gasteiger partial charge in [-0.15, -0.1) is 11.6 Å². The highest BCUT2D eigenvalue weighted by Crippen LogP contribution is 2.43. The molecule has 3 nitrogen and oxygen atoms in total. The van der Waals surface area contributed by atoms with Gasteiger partial charge in [-0.2, -0.15) is 0 Å². The first-order valence-corrected chi connectivity index (χ1v) is 8.61. The highest BCUT2D eigenvalue weighted by atomic mass is 79.9. The summed E-state index contributed by atoms with van der Waals surface area (Å²) in [7, 11) is -2.06. The largest absolute Gasteiger partial charge is 0.269 e. The third-order valence-electron chi connectivity index (χ3n) is 3.44. The fourth-order valence-electron chi connectivity index (χ4n) is 2.37. The standard InChI is InChI=1S/C14H11BrClNO2S/c1-17-12-5-3-2-4-10(12)14(16)11-7-6-9(15)8-13(11)20(17,18)19/h2-8,14H,1H3. The summed E-state index contributed by atoms with van der Waals surface area (Å²) in [6.45, 7) is 0. The molecule has 0 saturated heterocycles. The number of para-hydroxylation sites is 1. The van der Waals surface area contributed by atoms with Crippen molar-refractivity contribution in [3.63, 3.8) is 0 Å². The number of hydrogen-bond acceptors (Lipinski definition) is 2. The van der Waals surface area contributed by atoms with E-state index < -0.39 is 15.4 Å². The van der Waals surface area contributed by atoms with Crippen LogP contribution in [0.15, 0.2) is 51.8 Å². The van der Waals surface area contributed by atoms with Crippen LogP contribution in [0.5, 0.6) is 0 Å². The van der Waals surface area contributed by atoms with Crippen LogP contribution in [0.1, 0.15) is 16.5 Å². The van der Waals surface area contributed by atoms with Gasteiger partial charge in [-0.1, -0.05) is 40.2 Å². The van der Waals surface area contributed by atoms with Gasteiger partial charge in [-0.3, -0.25) is 4.31 Å². The van der Waals surface area contributed by atoms with Crippen LogP contribution in [0.2, 0.25) is 0 Å². The summed E-state index contributed by atoms with van der Waals surface area (Å²) in [5.74, 6) is 0. The smallest absolute Gasteiger partial charge is 0.264 e. The Kier molecular flexibility index (Phi) is 3.31. The summed E-state index contributed by atoms with van der Waals surface area (Å²) in [6, 6.07) is 12.4. The van der Waals surface area contributed by atoms with Crippen LogP contribution in [0.25, 0.3) is 0 Å². The zero-order valence-corrected chi connectivity index (χ0v) is 13.7. The number of fused-ring (bicyclic) bond motifs is 2. The maximum absolute atomic E-state index is 12.7. The molecule has 0 fully saturated rings. The molecular weight excluding hydrogens is 362 g/mol. The lowest BCUT2D eigenvalue weighted by atomic mass is 10.0. The predicted molar refractivity (Wildman–Crippen MR) is 83.9 cm³/mol. The quantitative estimate of drug-likeness (QED) is 0.657. The monoisotopic (exact) mass is 371 g/mol. The van der Waals surface area contributed by atoms with Crippen LogP contribution in [0.4, 0.5) is 5.69 Å². The Labute approximate surface area is 131 Å². The van der Waals surface area contributed by atoms with Gasteiger partial charge in [0.15, 0.2) is 0 Å². The van der Waals surface area contributed by atoms with E-state index in [2.05, 4.69) is 15.9 Å². The molecule has 1 atom stereocenters. The highest BCUT2D eigenvalue weighted by molar-refractivity contribution is 9.10. The summed E-state index contributed by atoms with van der Waals surface area (Å²) in [5, 5.41) is -0.492. The molecule has 1 heterocycles. The Morgan fingerprint density at radius 1 is 1.15 bits per heavy atom. The highest BCUT2D eigenvalue weighted by Gasteiger charge is 2.33. The van der Waals surface area contributed by atoms with E-state index in [1.807, 2.05) is 12.1 Å². The van der Waals surface area contributed by atoms with Crippen molar-refractivity contribution in [1.29, 1.82) is 0 Å². The van der Waals surface area contributed by atoms with E-state index in [1.165, 1.54) is 4.31 Å². The zero-order chi connectivity index (χ0) is 14.5. The summed E-state index contributed by atoms with van der Waals surface area (Å²) >= 11 is 9.84. The van der Waals surface area contributed by atoms with Gasteiger partial charge in [0.05, 0.1) is 16.0 Å². The minimum absolute atomic E-state index is 0.241. The maximum Gasteiger partial charge on any atom is 0.264 e. The number of halogens is 2. The number of anilines is 1. The number of sulfonamides is 1. The lowest BCUT2D eigenvalue weighted by Gasteiger charge is -2.19. The molecule has 1 aliphatic heterocycles. The number of alkyl halides is 1. The SMILES string of the molecule is CN1c2ccccc2C(Cl)c2ccc(Br)cc2S1(=O)=O. The Morgan fingerprint density at radius 3 is 2.60 bits per heavy atom. The molecule has 0 spiro atoms. The predicted octanol–water partition coefficient (Wildman–Crippen LogP) is 3.92. The van der Waals surface area contributed by atoms with Crippen molar-refractivity contribution < 1.29 is 8.42 Å². The molecule has 0 N–H and O–H groups in total. The second-order valence-corrected chi connectivity index (χ2v) is 7.87. The Hall–Kier alpha value is -1.04. The number of nitrogens with zero attached hydrogens (tertiary/aromatic N) is 1. The second kappa shape index (κ2) is 4.76. The molecule has 0 radical (unpaired) electrons.